The third kappa shape index (κ3) is 3.16. The Morgan fingerprint density at radius 1 is 1.21 bits per heavy atom. The lowest BCUT2D eigenvalue weighted by molar-refractivity contribution is 0.0734. The molecule has 0 saturated heterocycles. The van der Waals surface area contributed by atoms with E-state index in [1.165, 1.54) is 31.7 Å². The molecule has 2 aliphatic rings. The van der Waals surface area contributed by atoms with Gasteiger partial charge in [-0.3, -0.25) is 4.79 Å². The van der Waals surface area contributed by atoms with Crippen molar-refractivity contribution in [3.8, 4) is 0 Å². The van der Waals surface area contributed by atoms with Gasteiger partial charge in [0, 0.05) is 17.6 Å². The lowest BCUT2D eigenvalue weighted by Crippen LogP contribution is -2.35. The first-order chi connectivity index (χ1) is 9.15. The van der Waals surface area contributed by atoms with Crippen LogP contribution in [0.1, 0.15) is 36.0 Å². The molecule has 4 heteroatoms. The van der Waals surface area contributed by atoms with E-state index in [0.717, 1.165) is 13.1 Å². The Hall–Kier alpha value is -0.900. The second-order valence-electron chi connectivity index (χ2n) is 5.69. The van der Waals surface area contributed by atoms with E-state index in [0.29, 0.717) is 16.3 Å². The molecule has 2 aliphatic carbocycles. The van der Waals surface area contributed by atoms with Crippen LogP contribution in [-0.2, 0) is 0 Å². The van der Waals surface area contributed by atoms with Gasteiger partial charge < -0.3 is 4.90 Å². The summed E-state index contributed by atoms with van der Waals surface area (Å²) in [5, 5.41) is 0. The third-order valence-corrected chi connectivity index (χ3v) is 4.48. The lowest BCUT2D eigenvalue weighted by atomic mass is 10.1. The highest BCUT2D eigenvalue weighted by molar-refractivity contribution is 9.10. The van der Waals surface area contributed by atoms with Crippen molar-refractivity contribution in [2.24, 2.45) is 11.8 Å². The molecule has 102 valence electrons. The number of carbonyl (C=O) groups is 1. The van der Waals surface area contributed by atoms with Crippen LogP contribution in [0.15, 0.2) is 22.7 Å². The summed E-state index contributed by atoms with van der Waals surface area (Å²) in [6, 6.07) is 4.69. The molecular formula is C15H17BrFNO. The van der Waals surface area contributed by atoms with Crippen LogP contribution in [-0.4, -0.2) is 23.9 Å². The number of carbonyl (C=O) groups excluding carboxylic acids is 1. The molecule has 0 aromatic heterocycles. The van der Waals surface area contributed by atoms with Gasteiger partial charge in [-0.15, -0.1) is 0 Å². The Labute approximate surface area is 121 Å². The van der Waals surface area contributed by atoms with Gasteiger partial charge in [0.25, 0.3) is 5.91 Å². The molecule has 2 nitrogen and oxygen atoms in total. The first kappa shape index (κ1) is 13.1. The standard InChI is InChI=1S/C15H17BrFNO/c16-12-2-1-3-13(17)14(12)15(19)18(8-10-4-5-10)9-11-6-7-11/h1-3,10-11H,4-9H2. The zero-order chi connectivity index (χ0) is 13.4. The third-order valence-electron chi connectivity index (χ3n) is 3.81. The van der Waals surface area contributed by atoms with Crippen LogP contribution in [0.4, 0.5) is 4.39 Å². The Balaban J connectivity index is 1.81. The Morgan fingerprint density at radius 2 is 1.79 bits per heavy atom. The highest BCUT2D eigenvalue weighted by Gasteiger charge is 2.33. The fourth-order valence-electron chi connectivity index (χ4n) is 2.32. The molecule has 0 N–H and O–H groups in total. The van der Waals surface area contributed by atoms with E-state index in [1.54, 1.807) is 12.1 Å². The van der Waals surface area contributed by atoms with Crippen LogP contribution in [0.5, 0.6) is 0 Å². The van der Waals surface area contributed by atoms with E-state index in [4.69, 9.17) is 0 Å². The molecule has 0 unspecified atom stereocenters. The van der Waals surface area contributed by atoms with Crippen LogP contribution in [0.25, 0.3) is 0 Å². The van der Waals surface area contributed by atoms with Crippen molar-refractivity contribution in [3.63, 3.8) is 0 Å². The first-order valence-corrected chi connectivity index (χ1v) is 7.67. The average Bonchev–Trinajstić information content (AvgIpc) is 3.22. The Morgan fingerprint density at radius 3 is 2.26 bits per heavy atom. The minimum atomic E-state index is -0.434. The number of halogens is 2. The molecule has 0 heterocycles. The largest absolute Gasteiger partial charge is 0.338 e. The van der Waals surface area contributed by atoms with Crippen LogP contribution >= 0.6 is 15.9 Å². The van der Waals surface area contributed by atoms with E-state index in [2.05, 4.69) is 15.9 Å². The second kappa shape index (κ2) is 5.23. The quantitative estimate of drug-likeness (QED) is 0.805. The van der Waals surface area contributed by atoms with Gasteiger partial charge >= 0.3 is 0 Å². The summed E-state index contributed by atoms with van der Waals surface area (Å²) in [6.07, 6.45) is 4.81. The maximum Gasteiger partial charge on any atom is 0.258 e. The Kier molecular flexibility index (Phi) is 3.61. The molecule has 1 aromatic rings. The van der Waals surface area contributed by atoms with E-state index in [-0.39, 0.29) is 11.5 Å². The molecule has 2 saturated carbocycles. The summed E-state index contributed by atoms with van der Waals surface area (Å²) in [4.78, 5) is 14.4. The van der Waals surface area contributed by atoms with E-state index < -0.39 is 5.82 Å². The van der Waals surface area contributed by atoms with Crippen molar-refractivity contribution in [2.75, 3.05) is 13.1 Å². The number of nitrogens with zero attached hydrogens (tertiary/aromatic N) is 1. The fourth-order valence-corrected chi connectivity index (χ4v) is 2.84. The molecular weight excluding hydrogens is 309 g/mol. The van der Waals surface area contributed by atoms with Gasteiger partial charge in [-0.1, -0.05) is 6.07 Å². The van der Waals surface area contributed by atoms with Crippen molar-refractivity contribution in [1.29, 1.82) is 0 Å². The predicted octanol–water partition coefficient (Wildman–Crippen LogP) is 3.85. The van der Waals surface area contributed by atoms with Gasteiger partial charge in [0.2, 0.25) is 0 Å². The van der Waals surface area contributed by atoms with Crippen molar-refractivity contribution < 1.29 is 9.18 Å². The smallest absolute Gasteiger partial charge is 0.258 e. The molecule has 3 rings (SSSR count). The second-order valence-corrected chi connectivity index (χ2v) is 6.55. The molecule has 0 aliphatic heterocycles. The maximum atomic E-state index is 13.9. The molecule has 19 heavy (non-hydrogen) atoms. The molecule has 1 aromatic carbocycles. The van der Waals surface area contributed by atoms with Gasteiger partial charge in [-0.25, -0.2) is 4.39 Å². The number of hydrogen-bond donors (Lipinski definition) is 0. The van der Waals surface area contributed by atoms with Gasteiger partial charge in [0.05, 0.1) is 5.56 Å². The van der Waals surface area contributed by atoms with E-state index >= 15 is 0 Å². The molecule has 0 atom stereocenters. The minimum Gasteiger partial charge on any atom is -0.338 e. The van der Waals surface area contributed by atoms with Crippen LogP contribution in [0.2, 0.25) is 0 Å². The lowest BCUT2D eigenvalue weighted by Gasteiger charge is -2.23. The van der Waals surface area contributed by atoms with Gasteiger partial charge in [0.1, 0.15) is 5.82 Å². The van der Waals surface area contributed by atoms with Crippen molar-refractivity contribution in [1.82, 2.24) is 4.90 Å². The number of hydrogen-bond acceptors (Lipinski definition) is 1. The summed E-state index contributed by atoms with van der Waals surface area (Å²) in [5.41, 5.74) is 0.184. The molecule has 0 bridgehead atoms. The summed E-state index contributed by atoms with van der Waals surface area (Å²) >= 11 is 3.29. The molecule has 1 amide bonds. The summed E-state index contributed by atoms with van der Waals surface area (Å²) in [5.74, 6) is 0.668. The Bertz CT molecular complexity index is 463. The van der Waals surface area contributed by atoms with Crippen LogP contribution in [0, 0.1) is 17.7 Å². The summed E-state index contributed by atoms with van der Waals surface area (Å²) in [7, 11) is 0. The predicted molar refractivity (Wildman–Crippen MR) is 75.5 cm³/mol. The topological polar surface area (TPSA) is 20.3 Å². The zero-order valence-electron chi connectivity index (χ0n) is 10.7. The van der Waals surface area contributed by atoms with Crippen molar-refractivity contribution >= 4 is 21.8 Å². The van der Waals surface area contributed by atoms with E-state index in [1.807, 2.05) is 4.90 Å². The monoisotopic (exact) mass is 325 g/mol. The van der Waals surface area contributed by atoms with Gasteiger partial charge in [0.15, 0.2) is 0 Å². The van der Waals surface area contributed by atoms with Crippen LogP contribution < -0.4 is 0 Å². The maximum absolute atomic E-state index is 13.9. The highest BCUT2D eigenvalue weighted by Crippen LogP contribution is 2.35. The normalized spacial score (nSPS) is 18.4. The average molecular weight is 326 g/mol. The molecule has 0 spiro atoms. The molecule has 2 fully saturated rings. The fraction of sp³-hybridized carbons (Fsp3) is 0.533. The first-order valence-electron chi connectivity index (χ1n) is 6.88. The SMILES string of the molecule is O=C(c1c(F)cccc1Br)N(CC1CC1)CC1CC1. The van der Waals surface area contributed by atoms with Crippen molar-refractivity contribution in [3.05, 3.63) is 34.1 Å². The van der Waals surface area contributed by atoms with Gasteiger partial charge in [-0.05, 0) is 65.6 Å². The number of rotatable bonds is 5. The van der Waals surface area contributed by atoms with Crippen molar-refractivity contribution in [2.45, 2.75) is 25.7 Å². The van der Waals surface area contributed by atoms with Crippen LogP contribution in [0.3, 0.4) is 0 Å². The highest BCUT2D eigenvalue weighted by atomic mass is 79.9. The number of amides is 1. The minimum absolute atomic E-state index is 0.163. The zero-order valence-corrected chi connectivity index (χ0v) is 12.3. The number of benzene rings is 1. The summed E-state index contributed by atoms with van der Waals surface area (Å²) in [6.45, 7) is 1.58. The van der Waals surface area contributed by atoms with E-state index in [9.17, 15) is 9.18 Å². The van der Waals surface area contributed by atoms with Gasteiger partial charge in [-0.2, -0.15) is 0 Å². The summed E-state index contributed by atoms with van der Waals surface area (Å²) < 4.78 is 14.4. The molecule has 0 radical (unpaired) electrons.